The number of tetrazole rings is 1. The Morgan fingerprint density at radius 2 is 1.74 bits per heavy atom. The fourth-order valence-corrected chi connectivity index (χ4v) is 4.37. The second-order valence-electron chi connectivity index (χ2n) is 7.68. The van der Waals surface area contributed by atoms with E-state index in [9.17, 15) is 5.11 Å². The van der Waals surface area contributed by atoms with Gasteiger partial charge in [-0.3, -0.25) is 4.90 Å². The topological polar surface area (TPSA) is 90.9 Å². The first-order valence-corrected chi connectivity index (χ1v) is 9.96. The highest BCUT2D eigenvalue weighted by molar-refractivity contribution is 5.34. The van der Waals surface area contributed by atoms with Gasteiger partial charge in [-0.2, -0.15) is 5.26 Å². The Balaban J connectivity index is 1.69. The lowest BCUT2D eigenvalue weighted by Gasteiger charge is -2.36. The summed E-state index contributed by atoms with van der Waals surface area (Å²) in [6.07, 6.45) is 7.28. The fraction of sp³-hybridized carbons (Fsp3) is 0.600. The van der Waals surface area contributed by atoms with Crippen molar-refractivity contribution in [1.29, 1.82) is 5.26 Å². The number of nitriles is 1. The van der Waals surface area contributed by atoms with Gasteiger partial charge in [0.1, 0.15) is 0 Å². The van der Waals surface area contributed by atoms with Crippen LogP contribution in [-0.4, -0.2) is 49.4 Å². The molecule has 1 aromatic heterocycles. The fourth-order valence-electron chi connectivity index (χ4n) is 4.37. The average molecular weight is 366 g/mol. The summed E-state index contributed by atoms with van der Waals surface area (Å²) in [5.74, 6) is 0.878. The zero-order valence-electron chi connectivity index (χ0n) is 15.5. The van der Waals surface area contributed by atoms with Gasteiger partial charge in [0.25, 0.3) is 0 Å². The molecule has 1 N–H and O–H groups in total. The third-order valence-electron chi connectivity index (χ3n) is 5.90. The minimum absolute atomic E-state index is 0.0535. The van der Waals surface area contributed by atoms with Crippen molar-refractivity contribution in [2.45, 2.75) is 63.1 Å². The Morgan fingerprint density at radius 1 is 1.04 bits per heavy atom. The number of nitrogens with zero attached hydrogens (tertiary/aromatic N) is 6. The van der Waals surface area contributed by atoms with E-state index >= 15 is 0 Å². The summed E-state index contributed by atoms with van der Waals surface area (Å²) in [6, 6.07) is 10.2. The highest BCUT2D eigenvalue weighted by Gasteiger charge is 2.32. The Labute approximate surface area is 159 Å². The molecule has 27 heavy (non-hydrogen) atoms. The first-order chi connectivity index (χ1) is 13.3. The Hall–Kier alpha value is -2.30. The first-order valence-electron chi connectivity index (χ1n) is 9.96. The number of likely N-dealkylation sites (tertiary alicyclic amines) is 1. The van der Waals surface area contributed by atoms with Crippen LogP contribution in [0.4, 0.5) is 0 Å². The number of aliphatic hydroxyl groups is 1. The van der Waals surface area contributed by atoms with Crippen molar-refractivity contribution in [2.75, 3.05) is 13.1 Å². The molecule has 0 radical (unpaired) electrons. The highest BCUT2D eigenvalue weighted by Crippen LogP contribution is 2.34. The van der Waals surface area contributed by atoms with Gasteiger partial charge < -0.3 is 5.11 Å². The molecule has 0 bridgehead atoms. The van der Waals surface area contributed by atoms with Gasteiger partial charge in [0, 0.05) is 13.1 Å². The Bertz CT molecular complexity index is 782. The molecule has 0 spiro atoms. The molecule has 1 aliphatic carbocycles. The van der Waals surface area contributed by atoms with Crippen LogP contribution in [0.25, 0.3) is 0 Å². The van der Waals surface area contributed by atoms with E-state index in [1.807, 2.05) is 28.9 Å². The summed E-state index contributed by atoms with van der Waals surface area (Å²) >= 11 is 0. The van der Waals surface area contributed by atoms with Gasteiger partial charge in [-0.05, 0) is 53.8 Å². The number of aliphatic hydroxyl groups excluding tert-OH is 1. The van der Waals surface area contributed by atoms with Gasteiger partial charge in [0.15, 0.2) is 5.82 Å². The Kier molecular flexibility index (Phi) is 5.46. The summed E-state index contributed by atoms with van der Waals surface area (Å²) in [5.41, 5.74) is 1.75. The predicted molar refractivity (Wildman–Crippen MR) is 99.8 cm³/mol. The minimum Gasteiger partial charge on any atom is -0.393 e. The largest absolute Gasteiger partial charge is 0.393 e. The molecule has 0 unspecified atom stereocenters. The minimum atomic E-state index is -0.225. The SMILES string of the molecule is N#Cc1ccc([C@H](c2nnnn2C2CCCCC2)N2CCC(O)CC2)cc1. The zero-order valence-corrected chi connectivity index (χ0v) is 15.5. The van der Waals surface area contributed by atoms with Crippen molar-refractivity contribution in [3.63, 3.8) is 0 Å². The maximum absolute atomic E-state index is 9.93. The molecule has 2 aliphatic rings. The number of hydrogen-bond acceptors (Lipinski definition) is 6. The second kappa shape index (κ2) is 8.15. The van der Waals surface area contributed by atoms with Crippen LogP contribution in [-0.2, 0) is 0 Å². The third kappa shape index (κ3) is 3.87. The van der Waals surface area contributed by atoms with Crippen molar-refractivity contribution in [1.82, 2.24) is 25.1 Å². The monoisotopic (exact) mass is 366 g/mol. The maximum Gasteiger partial charge on any atom is 0.173 e. The lowest BCUT2D eigenvalue weighted by Crippen LogP contribution is -2.40. The summed E-state index contributed by atoms with van der Waals surface area (Å²) in [4.78, 5) is 2.36. The molecule has 1 saturated heterocycles. The maximum atomic E-state index is 9.93. The second-order valence-corrected chi connectivity index (χ2v) is 7.68. The molecular formula is C20H26N6O. The molecule has 2 fully saturated rings. The van der Waals surface area contributed by atoms with E-state index in [-0.39, 0.29) is 12.1 Å². The van der Waals surface area contributed by atoms with E-state index in [0.717, 1.165) is 50.2 Å². The van der Waals surface area contributed by atoms with E-state index in [1.165, 1.54) is 19.3 Å². The van der Waals surface area contributed by atoms with Gasteiger partial charge >= 0.3 is 0 Å². The zero-order chi connectivity index (χ0) is 18.6. The number of hydrogen-bond donors (Lipinski definition) is 1. The van der Waals surface area contributed by atoms with Gasteiger partial charge in [0.05, 0.1) is 29.8 Å². The number of benzene rings is 1. The van der Waals surface area contributed by atoms with Crippen LogP contribution in [0.3, 0.4) is 0 Å². The van der Waals surface area contributed by atoms with E-state index in [1.54, 1.807) is 0 Å². The van der Waals surface area contributed by atoms with E-state index in [4.69, 9.17) is 5.26 Å². The molecule has 1 saturated carbocycles. The molecule has 1 aliphatic heterocycles. The van der Waals surface area contributed by atoms with Crippen molar-refractivity contribution >= 4 is 0 Å². The summed E-state index contributed by atoms with van der Waals surface area (Å²) < 4.78 is 2.03. The lowest BCUT2D eigenvalue weighted by atomic mass is 9.94. The van der Waals surface area contributed by atoms with Crippen LogP contribution in [0.5, 0.6) is 0 Å². The lowest BCUT2D eigenvalue weighted by molar-refractivity contribution is 0.0654. The first kappa shape index (κ1) is 18.1. The molecule has 0 amide bonds. The average Bonchev–Trinajstić information content (AvgIpc) is 3.20. The van der Waals surface area contributed by atoms with Gasteiger partial charge in [-0.1, -0.05) is 31.4 Å². The molecule has 1 aromatic carbocycles. The third-order valence-corrected chi connectivity index (χ3v) is 5.90. The van der Waals surface area contributed by atoms with Crippen LogP contribution in [0, 0.1) is 11.3 Å². The van der Waals surface area contributed by atoms with Crippen LogP contribution in [0.2, 0.25) is 0 Å². The van der Waals surface area contributed by atoms with Crippen LogP contribution >= 0.6 is 0 Å². The number of aromatic nitrogens is 4. The molecule has 2 heterocycles. The Morgan fingerprint density at radius 3 is 2.41 bits per heavy atom. The van der Waals surface area contributed by atoms with Crippen molar-refractivity contribution in [3.8, 4) is 6.07 Å². The van der Waals surface area contributed by atoms with Crippen molar-refractivity contribution < 1.29 is 5.11 Å². The number of rotatable bonds is 4. The summed E-state index contributed by atoms with van der Waals surface area (Å²) in [6.45, 7) is 1.62. The smallest absolute Gasteiger partial charge is 0.173 e. The molecule has 4 rings (SSSR count). The van der Waals surface area contributed by atoms with Crippen molar-refractivity contribution in [2.24, 2.45) is 0 Å². The van der Waals surface area contributed by atoms with Crippen LogP contribution in [0.1, 0.15) is 74.0 Å². The summed E-state index contributed by atoms with van der Waals surface area (Å²) in [7, 11) is 0. The molecule has 1 atom stereocenters. The predicted octanol–water partition coefficient (Wildman–Crippen LogP) is 2.60. The van der Waals surface area contributed by atoms with Crippen LogP contribution in [0.15, 0.2) is 24.3 Å². The quantitative estimate of drug-likeness (QED) is 0.894. The van der Waals surface area contributed by atoms with E-state index < -0.39 is 0 Å². The van der Waals surface area contributed by atoms with Crippen LogP contribution < -0.4 is 0 Å². The standard InChI is InChI=1S/C20H26N6O/c21-14-15-6-8-16(9-7-15)19(25-12-10-18(27)11-13-25)20-22-23-24-26(20)17-4-2-1-3-5-17/h6-9,17-19,27H,1-5,10-13H2/t19-/m1/s1. The normalized spacial score (nSPS) is 21.0. The molecular weight excluding hydrogens is 340 g/mol. The van der Waals surface area contributed by atoms with E-state index in [0.29, 0.717) is 11.6 Å². The van der Waals surface area contributed by atoms with Gasteiger partial charge in [0.2, 0.25) is 0 Å². The molecule has 142 valence electrons. The molecule has 7 nitrogen and oxygen atoms in total. The highest BCUT2D eigenvalue weighted by atomic mass is 16.3. The summed E-state index contributed by atoms with van der Waals surface area (Å²) in [5, 5.41) is 31.9. The van der Waals surface area contributed by atoms with Gasteiger partial charge in [-0.15, -0.1) is 5.10 Å². The molecule has 2 aromatic rings. The van der Waals surface area contributed by atoms with Gasteiger partial charge in [-0.25, -0.2) is 4.68 Å². The van der Waals surface area contributed by atoms with E-state index in [2.05, 4.69) is 26.5 Å². The number of piperidine rings is 1. The molecule has 7 heteroatoms. The van der Waals surface area contributed by atoms with Crippen molar-refractivity contribution in [3.05, 3.63) is 41.2 Å².